The van der Waals surface area contributed by atoms with Gasteiger partial charge in [-0.2, -0.15) is 0 Å². The first-order valence-electron chi connectivity index (χ1n) is 8.54. The van der Waals surface area contributed by atoms with Crippen LogP contribution in [0.15, 0.2) is 36.5 Å². The highest BCUT2D eigenvalue weighted by Gasteiger charge is 2.30. The number of urea groups is 1. The van der Waals surface area contributed by atoms with Gasteiger partial charge in [0.15, 0.2) is 0 Å². The van der Waals surface area contributed by atoms with Crippen molar-refractivity contribution in [3.8, 4) is 11.3 Å². The molecule has 3 amide bonds. The summed E-state index contributed by atoms with van der Waals surface area (Å²) in [5.41, 5.74) is 2.01. The molecule has 1 fully saturated rings. The van der Waals surface area contributed by atoms with Crippen molar-refractivity contribution in [1.29, 1.82) is 0 Å². The molecule has 2 aromatic rings. The Labute approximate surface area is 146 Å². The van der Waals surface area contributed by atoms with Gasteiger partial charge in [0.25, 0.3) is 0 Å². The maximum atomic E-state index is 12.5. The van der Waals surface area contributed by atoms with Crippen LogP contribution >= 0.6 is 0 Å². The normalized spacial score (nSPS) is 17.2. The minimum Gasteiger partial charge on any atom is -0.341 e. The third kappa shape index (κ3) is 3.99. The van der Waals surface area contributed by atoms with E-state index >= 15 is 0 Å². The van der Waals surface area contributed by atoms with E-state index in [0.717, 1.165) is 36.3 Å². The quantitative estimate of drug-likeness (QED) is 0.795. The van der Waals surface area contributed by atoms with Gasteiger partial charge in [-0.15, -0.1) is 0 Å². The summed E-state index contributed by atoms with van der Waals surface area (Å²) in [5, 5.41) is 5.01. The minimum atomic E-state index is -0.355. The zero-order chi connectivity index (χ0) is 17.6. The summed E-state index contributed by atoms with van der Waals surface area (Å²) >= 11 is 0. The van der Waals surface area contributed by atoms with Gasteiger partial charge >= 0.3 is 6.03 Å². The summed E-state index contributed by atoms with van der Waals surface area (Å²) in [6.45, 7) is 0.669. The smallest absolute Gasteiger partial charge is 0.314 e. The van der Waals surface area contributed by atoms with Gasteiger partial charge in [-0.05, 0) is 24.8 Å². The topological polar surface area (TPSA) is 90.1 Å². The van der Waals surface area contributed by atoms with Gasteiger partial charge < -0.3 is 20.5 Å². The fourth-order valence-corrected chi connectivity index (χ4v) is 3.13. The van der Waals surface area contributed by atoms with Crippen molar-refractivity contribution in [3.05, 3.63) is 42.4 Å². The van der Waals surface area contributed by atoms with Gasteiger partial charge in [-0.25, -0.2) is 9.78 Å². The van der Waals surface area contributed by atoms with Crippen LogP contribution in [-0.4, -0.2) is 46.9 Å². The number of carbonyl (C=O) groups is 2. The fourth-order valence-electron chi connectivity index (χ4n) is 3.13. The molecule has 0 aliphatic carbocycles. The lowest BCUT2D eigenvalue weighted by Crippen LogP contribution is -2.46. The number of likely N-dealkylation sites (tertiary alicyclic amines) is 1. The zero-order valence-corrected chi connectivity index (χ0v) is 14.3. The molecule has 25 heavy (non-hydrogen) atoms. The van der Waals surface area contributed by atoms with Crippen molar-refractivity contribution in [2.24, 2.45) is 0 Å². The third-order valence-corrected chi connectivity index (χ3v) is 4.45. The van der Waals surface area contributed by atoms with Crippen LogP contribution in [0.25, 0.3) is 11.3 Å². The Balaban J connectivity index is 1.74. The number of hydrogen-bond donors (Lipinski definition) is 3. The predicted octanol–water partition coefficient (Wildman–Crippen LogP) is 2.06. The molecule has 0 spiro atoms. The number of benzene rings is 1. The van der Waals surface area contributed by atoms with Crippen LogP contribution in [-0.2, 0) is 4.79 Å². The molecule has 0 bridgehead atoms. The molecule has 2 heterocycles. The van der Waals surface area contributed by atoms with E-state index in [0.29, 0.717) is 6.54 Å². The van der Waals surface area contributed by atoms with Crippen molar-refractivity contribution < 1.29 is 9.59 Å². The van der Waals surface area contributed by atoms with Crippen LogP contribution in [0.5, 0.6) is 0 Å². The molecule has 132 valence electrons. The second kappa shape index (κ2) is 7.83. The highest BCUT2D eigenvalue weighted by atomic mass is 16.2. The van der Waals surface area contributed by atoms with E-state index in [2.05, 4.69) is 20.6 Å². The molecule has 3 N–H and O–H groups in total. The second-order valence-electron chi connectivity index (χ2n) is 6.08. The van der Waals surface area contributed by atoms with Crippen LogP contribution in [0, 0.1) is 0 Å². The number of amides is 3. The Hall–Kier alpha value is -2.83. The van der Waals surface area contributed by atoms with E-state index in [1.807, 2.05) is 41.4 Å². The molecule has 1 aliphatic rings. The van der Waals surface area contributed by atoms with E-state index in [9.17, 15) is 9.59 Å². The predicted molar refractivity (Wildman–Crippen MR) is 94.8 cm³/mol. The van der Waals surface area contributed by atoms with E-state index in [-0.39, 0.29) is 24.5 Å². The van der Waals surface area contributed by atoms with Crippen molar-refractivity contribution in [3.63, 3.8) is 0 Å². The Morgan fingerprint density at radius 2 is 2.08 bits per heavy atom. The van der Waals surface area contributed by atoms with Crippen molar-refractivity contribution >= 4 is 11.9 Å². The Kier molecular flexibility index (Phi) is 5.33. The van der Waals surface area contributed by atoms with Gasteiger partial charge in [0, 0.05) is 13.6 Å². The number of aromatic nitrogens is 2. The molecule has 0 saturated carbocycles. The van der Waals surface area contributed by atoms with Crippen LogP contribution < -0.4 is 10.6 Å². The van der Waals surface area contributed by atoms with Crippen molar-refractivity contribution in [1.82, 2.24) is 25.5 Å². The molecule has 1 unspecified atom stereocenters. The average molecular weight is 341 g/mol. The number of nitrogens with one attached hydrogen (secondary N) is 3. The second-order valence-corrected chi connectivity index (χ2v) is 6.08. The van der Waals surface area contributed by atoms with Crippen molar-refractivity contribution in [2.45, 2.75) is 25.3 Å². The molecule has 7 heteroatoms. The molecular weight excluding hydrogens is 318 g/mol. The SMILES string of the molecule is CNC(=O)NCC(=O)N1CCCCC1c1ncc(-c2ccccc2)[nH]1. The number of hydrogen-bond acceptors (Lipinski definition) is 3. The maximum absolute atomic E-state index is 12.5. The first-order chi connectivity index (χ1) is 12.2. The standard InChI is InChI=1S/C18H23N5O2/c1-19-18(25)21-12-16(24)23-10-6-5-9-15(23)17-20-11-14(22-17)13-7-3-2-4-8-13/h2-4,7-8,11,15H,5-6,9-10,12H2,1H3,(H,20,22)(H2,19,21,25). The van der Waals surface area contributed by atoms with Gasteiger partial charge in [0.1, 0.15) is 5.82 Å². The Morgan fingerprint density at radius 1 is 1.28 bits per heavy atom. The summed E-state index contributed by atoms with van der Waals surface area (Å²) < 4.78 is 0. The first-order valence-corrected chi connectivity index (χ1v) is 8.54. The lowest BCUT2D eigenvalue weighted by atomic mass is 10.0. The van der Waals surface area contributed by atoms with Gasteiger partial charge in [-0.3, -0.25) is 4.79 Å². The molecule has 1 atom stereocenters. The number of piperidine rings is 1. The average Bonchev–Trinajstić information content (AvgIpc) is 3.16. The summed E-state index contributed by atoms with van der Waals surface area (Å²) in [4.78, 5) is 33.5. The molecule has 1 aromatic carbocycles. The summed E-state index contributed by atoms with van der Waals surface area (Å²) in [7, 11) is 1.53. The van der Waals surface area contributed by atoms with Crippen LogP contribution in [0.4, 0.5) is 4.79 Å². The number of H-pyrrole nitrogens is 1. The third-order valence-electron chi connectivity index (χ3n) is 4.45. The van der Waals surface area contributed by atoms with E-state index in [1.54, 1.807) is 0 Å². The number of aromatic amines is 1. The number of rotatable bonds is 4. The molecule has 3 rings (SSSR count). The molecular formula is C18H23N5O2. The summed E-state index contributed by atoms with van der Waals surface area (Å²) in [6, 6.07) is 9.55. The highest BCUT2D eigenvalue weighted by molar-refractivity contribution is 5.84. The van der Waals surface area contributed by atoms with Crippen LogP contribution in [0.3, 0.4) is 0 Å². The van der Waals surface area contributed by atoms with E-state index in [4.69, 9.17) is 0 Å². The molecule has 1 aromatic heterocycles. The lowest BCUT2D eigenvalue weighted by Gasteiger charge is -2.34. The number of carbonyl (C=O) groups excluding carboxylic acids is 2. The molecule has 7 nitrogen and oxygen atoms in total. The monoisotopic (exact) mass is 341 g/mol. The lowest BCUT2D eigenvalue weighted by molar-refractivity contribution is -0.134. The minimum absolute atomic E-state index is 0.0115. The largest absolute Gasteiger partial charge is 0.341 e. The Bertz CT molecular complexity index is 728. The molecule has 1 saturated heterocycles. The van der Waals surface area contributed by atoms with E-state index < -0.39 is 0 Å². The van der Waals surface area contributed by atoms with Crippen LogP contribution in [0.1, 0.15) is 31.1 Å². The summed E-state index contributed by atoms with van der Waals surface area (Å²) in [5.74, 6) is 0.706. The Morgan fingerprint density at radius 3 is 2.84 bits per heavy atom. The maximum Gasteiger partial charge on any atom is 0.314 e. The van der Waals surface area contributed by atoms with Gasteiger partial charge in [0.05, 0.1) is 24.5 Å². The molecule has 1 aliphatic heterocycles. The fraction of sp³-hybridized carbons (Fsp3) is 0.389. The number of nitrogens with zero attached hydrogens (tertiary/aromatic N) is 2. The molecule has 0 radical (unpaired) electrons. The van der Waals surface area contributed by atoms with Gasteiger partial charge in [0.2, 0.25) is 5.91 Å². The highest BCUT2D eigenvalue weighted by Crippen LogP contribution is 2.30. The first kappa shape index (κ1) is 17.0. The number of imidazole rings is 1. The van der Waals surface area contributed by atoms with Crippen LogP contribution in [0.2, 0.25) is 0 Å². The summed E-state index contributed by atoms with van der Waals surface area (Å²) in [6.07, 6.45) is 4.70. The van der Waals surface area contributed by atoms with Crippen molar-refractivity contribution in [2.75, 3.05) is 20.1 Å². The zero-order valence-electron chi connectivity index (χ0n) is 14.3. The van der Waals surface area contributed by atoms with E-state index in [1.165, 1.54) is 7.05 Å². The van der Waals surface area contributed by atoms with Gasteiger partial charge in [-0.1, -0.05) is 30.3 Å².